The highest BCUT2D eigenvalue weighted by Crippen LogP contribution is 2.32. The number of carbonyl (C=O) groups is 1. The third-order valence-corrected chi connectivity index (χ3v) is 4.75. The predicted molar refractivity (Wildman–Crippen MR) is 105 cm³/mol. The molecular formula is C21H14Cl2O5. The summed E-state index contributed by atoms with van der Waals surface area (Å²) < 4.78 is 21.8. The minimum absolute atomic E-state index is 0.164. The molecule has 0 aliphatic carbocycles. The summed E-state index contributed by atoms with van der Waals surface area (Å²) in [6.07, 6.45) is 3.05. The van der Waals surface area contributed by atoms with E-state index >= 15 is 0 Å². The van der Waals surface area contributed by atoms with Gasteiger partial charge in [-0.15, -0.1) is 0 Å². The smallest absolute Gasteiger partial charge is 0.231 e. The van der Waals surface area contributed by atoms with E-state index in [0.717, 1.165) is 0 Å². The van der Waals surface area contributed by atoms with Crippen LogP contribution in [-0.4, -0.2) is 12.6 Å². The lowest BCUT2D eigenvalue weighted by molar-refractivity contribution is 0.104. The molecule has 0 unspecified atom stereocenters. The fraction of sp³-hybridized carbons (Fsp3) is 0.0952. The van der Waals surface area contributed by atoms with E-state index in [-0.39, 0.29) is 19.2 Å². The maximum Gasteiger partial charge on any atom is 0.231 e. The molecule has 2 aromatic carbocycles. The van der Waals surface area contributed by atoms with Gasteiger partial charge in [-0.3, -0.25) is 4.79 Å². The van der Waals surface area contributed by atoms with Gasteiger partial charge in [0, 0.05) is 11.6 Å². The van der Waals surface area contributed by atoms with Gasteiger partial charge in [0.2, 0.25) is 6.79 Å². The summed E-state index contributed by atoms with van der Waals surface area (Å²) in [6.45, 7) is 0.393. The van der Waals surface area contributed by atoms with Crippen molar-refractivity contribution >= 4 is 35.1 Å². The molecule has 7 heteroatoms. The lowest BCUT2D eigenvalue weighted by Gasteiger charge is -2.05. The van der Waals surface area contributed by atoms with Crippen LogP contribution in [0.25, 0.3) is 6.08 Å². The summed E-state index contributed by atoms with van der Waals surface area (Å²) >= 11 is 11.8. The first kappa shape index (κ1) is 18.5. The van der Waals surface area contributed by atoms with Gasteiger partial charge in [0.15, 0.2) is 17.3 Å². The van der Waals surface area contributed by atoms with Crippen LogP contribution < -0.4 is 14.2 Å². The fourth-order valence-corrected chi connectivity index (χ4v) is 2.87. The van der Waals surface area contributed by atoms with E-state index in [0.29, 0.717) is 44.4 Å². The van der Waals surface area contributed by atoms with Crippen molar-refractivity contribution in [2.75, 3.05) is 6.79 Å². The first-order valence-electron chi connectivity index (χ1n) is 8.37. The largest absolute Gasteiger partial charge is 0.486 e. The van der Waals surface area contributed by atoms with Crippen LogP contribution in [-0.2, 0) is 6.61 Å². The summed E-state index contributed by atoms with van der Waals surface area (Å²) in [4.78, 5) is 12.3. The van der Waals surface area contributed by atoms with Crippen LogP contribution in [0.15, 0.2) is 59.0 Å². The number of hydrogen-bond donors (Lipinski definition) is 0. The Morgan fingerprint density at radius 2 is 1.86 bits per heavy atom. The molecule has 3 aromatic rings. The molecule has 0 spiro atoms. The lowest BCUT2D eigenvalue weighted by atomic mass is 10.1. The number of ketones is 1. The molecule has 5 nitrogen and oxygen atoms in total. The van der Waals surface area contributed by atoms with Gasteiger partial charge in [-0.05, 0) is 54.6 Å². The van der Waals surface area contributed by atoms with E-state index < -0.39 is 0 Å². The van der Waals surface area contributed by atoms with E-state index in [9.17, 15) is 4.79 Å². The van der Waals surface area contributed by atoms with Crippen LogP contribution in [0.3, 0.4) is 0 Å². The molecule has 0 amide bonds. The van der Waals surface area contributed by atoms with E-state index in [1.165, 1.54) is 6.08 Å². The molecule has 0 fully saturated rings. The number of carbonyl (C=O) groups excluding carboxylic acids is 1. The first-order valence-corrected chi connectivity index (χ1v) is 9.13. The summed E-state index contributed by atoms with van der Waals surface area (Å²) in [6, 6.07) is 13.6. The number of fused-ring (bicyclic) bond motifs is 1. The molecular weight excluding hydrogens is 403 g/mol. The SMILES string of the molecule is O=C(/C=C/c1ccc(COc2ccc(Cl)c(Cl)c2)o1)c1ccc2c(c1)OCO2. The Hall–Kier alpha value is -2.89. The van der Waals surface area contributed by atoms with Gasteiger partial charge in [-0.2, -0.15) is 0 Å². The van der Waals surface area contributed by atoms with Crippen LogP contribution in [0.2, 0.25) is 10.0 Å². The van der Waals surface area contributed by atoms with Gasteiger partial charge in [-0.25, -0.2) is 0 Å². The zero-order valence-corrected chi connectivity index (χ0v) is 16.0. The molecule has 1 aliphatic rings. The highest BCUT2D eigenvalue weighted by atomic mass is 35.5. The quantitative estimate of drug-likeness (QED) is 0.375. The highest BCUT2D eigenvalue weighted by molar-refractivity contribution is 6.42. The second-order valence-electron chi connectivity index (χ2n) is 5.93. The predicted octanol–water partition coefficient (Wildman–Crippen LogP) is 5.79. The van der Waals surface area contributed by atoms with Crippen molar-refractivity contribution in [3.63, 3.8) is 0 Å². The average Bonchev–Trinajstić information content (AvgIpc) is 3.35. The van der Waals surface area contributed by atoms with Gasteiger partial charge >= 0.3 is 0 Å². The van der Waals surface area contributed by atoms with E-state index in [1.54, 1.807) is 54.6 Å². The number of benzene rings is 2. The van der Waals surface area contributed by atoms with Crippen LogP contribution in [0, 0.1) is 0 Å². The molecule has 1 aliphatic heterocycles. The van der Waals surface area contributed by atoms with Crippen LogP contribution in [0.5, 0.6) is 17.2 Å². The van der Waals surface area contributed by atoms with E-state index in [2.05, 4.69) is 0 Å². The van der Waals surface area contributed by atoms with Crippen molar-refractivity contribution in [1.82, 2.24) is 0 Å². The van der Waals surface area contributed by atoms with Gasteiger partial charge < -0.3 is 18.6 Å². The van der Waals surface area contributed by atoms with Crippen LogP contribution in [0.4, 0.5) is 0 Å². The number of furan rings is 1. The van der Waals surface area contributed by atoms with Crippen molar-refractivity contribution in [2.45, 2.75) is 6.61 Å². The molecule has 1 aromatic heterocycles. The summed E-state index contributed by atoms with van der Waals surface area (Å²) in [5.74, 6) is 2.78. The van der Waals surface area contributed by atoms with Crippen LogP contribution in [0.1, 0.15) is 21.9 Å². The molecule has 0 saturated carbocycles. The normalized spacial score (nSPS) is 12.5. The Kier molecular flexibility index (Phi) is 5.28. The van der Waals surface area contributed by atoms with E-state index in [1.807, 2.05) is 0 Å². The zero-order chi connectivity index (χ0) is 19.5. The Bertz CT molecular complexity index is 1050. The van der Waals surface area contributed by atoms with Crippen molar-refractivity contribution in [3.05, 3.63) is 81.7 Å². The molecule has 0 saturated heterocycles. The standard InChI is InChI=1S/C21H14Cl2O5/c22-17-6-4-15(10-18(17)23)25-11-16-3-2-14(28-16)5-7-19(24)13-1-8-20-21(9-13)27-12-26-20/h1-10H,11-12H2/b7-5+. The maximum atomic E-state index is 12.3. The lowest BCUT2D eigenvalue weighted by Crippen LogP contribution is -1.94. The van der Waals surface area contributed by atoms with Crippen molar-refractivity contribution in [1.29, 1.82) is 0 Å². The first-order chi connectivity index (χ1) is 13.6. The minimum Gasteiger partial charge on any atom is -0.486 e. The molecule has 0 bridgehead atoms. The number of hydrogen-bond acceptors (Lipinski definition) is 5. The Labute approximate surface area is 171 Å². The molecule has 2 heterocycles. The fourth-order valence-electron chi connectivity index (χ4n) is 2.59. The summed E-state index contributed by atoms with van der Waals surface area (Å²) in [7, 11) is 0. The number of halogens is 2. The Morgan fingerprint density at radius 3 is 2.71 bits per heavy atom. The van der Waals surface area contributed by atoms with Gasteiger partial charge in [0.05, 0.1) is 10.0 Å². The monoisotopic (exact) mass is 416 g/mol. The van der Waals surface area contributed by atoms with Gasteiger partial charge in [-0.1, -0.05) is 23.2 Å². The van der Waals surface area contributed by atoms with Gasteiger partial charge in [0.1, 0.15) is 23.9 Å². The molecule has 0 radical (unpaired) electrons. The third kappa shape index (κ3) is 4.16. The number of ether oxygens (including phenoxy) is 3. The van der Waals surface area contributed by atoms with Crippen LogP contribution >= 0.6 is 23.2 Å². The summed E-state index contributed by atoms with van der Waals surface area (Å²) in [5, 5.41) is 0.885. The maximum absolute atomic E-state index is 12.3. The molecule has 4 rings (SSSR count). The number of allylic oxidation sites excluding steroid dienone is 1. The van der Waals surface area contributed by atoms with Crippen molar-refractivity contribution in [3.8, 4) is 17.2 Å². The van der Waals surface area contributed by atoms with Crippen molar-refractivity contribution < 1.29 is 23.4 Å². The third-order valence-electron chi connectivity index (χ3n) is 4.01. The average molecular weight is 417 g/mol. The highest BCUT2D eigenvalue weighted by Gasteiger charge is 2.15. The zero-order valence-electron chi connectivity index (χ0n) is 14.5. The van der Waals surface area contributed by atoms with Crippen molar-refractivity contribution in [2.24, 2.45) is 0 Å². The summed E-state index contributed by atoms with van der Waals surface area (Å²) in [5.41, 5.74) is 0.509. The Balaban J connectivity index is 1.37. The minimum atomic E-state index is -0.164. The molecule has 142 valence electrons. The number of rotatable bonds is 6. The Morgan fingerprint density at radius 1 is 1.00 bits per heavy atom. The second-order valence-corrected chi connectivity index (χ2v) is 6.75. The molecule has 28 heavy (non-hydrogen) atoms. The van der Waals surface area contributed by atoms with E-state index in [4.69, 9.17) is 41.8 Å². The molecule has 0 N–H and O–H groups in total. The van der Waals surface area contributed by atoms with Gasteiger partial charge in [0.25, 0.3) is 0 Å². The second kappa shape index (κ2) is 8.00. The molecule has 0 atom stereocenters. The topological polar surface area (TPSA) is 57.9 Å².